The molecule has 1 unspecified atom stereocenters. The first-order valence-electron chi connectivity index (χ1n) is 10.7. The Hall–Kier alpha value is -4.52. The van der Waals surface area contributed by atoms with Gasteiger partial charge in [-0.05, 0) is 35.3 Å². The lowest BCUT2D eigenvalue weighted by atomic mass is 10.0. The number of carbonyl (C=O) groups excluding carboxylic acids is 1. The van der Waals surface area contributed by atoms with E-state index in [9.17, 15) is 4.79 Å². The van der Waals surface area contributed by atoms with Crippen LogP contribution in [0.5, 0.6) is 0 Å². The molecule has 7 heteroatoms. The number of amides is 1. The molecule has 2 aliphatic rings. The Labute approximate surface area is 190 Å². The zero-order chi connectivity index (χ0) is 22.4. The third-order valence-electron chi connectivity index (χ3n) is 5.95. The molecule has 0 saturated carbocycles. The summed E-state index contributed by atoms with van der Waals surface area (Å²) in [5.41, 5.74) is 6.72. The third-order valence-corrected chi connectivity index (χ3v) is 5.95. The number of fused-ring (bicyclic) bond motifs is 1. The number of imidazole rings is 1. The first kappa shape index (κ1) is 19.2. The van der Waals surface area contributed by atoms with Crippen molar-refractivity contribution in [1.82, 2.24) is 30.2 Å². The molecule has 6 rings (SSSR count). The number of allylic oxidation sites excluding steroid dienone is 4. The number of hydrogen-bond donors (Lipinski definition) is 2. The minimum Gasteiger partial charge on any atom is -0.357 e. The fraction of sp³-hybridized carbons (Fsp3) is 0.0769. The van der Waals surface area contributed by atoms with Gasteiger partial charge < -0.3 is 10.6 Å². The molecule has 33 heavy (non-hydrogen) atoms. The molecule has 3 heterocycles. The monoisotopic (exact) mass is 432 g/mol. The molecule has 2 aromatic heterocycles. The number of aromatic nitrogens is 4. The quantitative estimate of drug-likeness (QED) is 0.508. The second-order valence-corrected chi connectivity index (χ2v) is 8.04. The Morgan fingerprint density at radius 3 is 2.52 bits per heavy atom. The Bertz CT molecular complexity index is 1460. The maximum atomic E-state index is 12.1. The first-order valence-corrected chi connectivity index (χ1v) is 10.7. The average Bonchev–Trinajstić information content (AvgIpc) is 3.58. The van der Waals surface area contributed by atoms with Crippen LogP contribution in [0.3, 0.4) is 0 Å². The summed E-state index contributed by atoms with van der Waals surface area (Å²) in [5.74, 6) is 1.17. The van der Waals surface area contributed by atoms with E-state index in [0.717, 1.165) is 40.2 Å². The van der Waals surface area contributed by atoms with Crippen molar-refractivity contribution < 1.29 is 4.79 Å². The van der Waals surface area contributed by atoms with E-state index in [-0.39, 0.29) is 5.91 Å². The van der Waals surface area contributed by atoms with Crippen LogP contribution >= 0.6 is 0 Å². The van der Waals surface area contributed by atoms with Crippen LogP contribution in [-0.4, -0.2) is 25.4 Å². The van der Waals surface area contributed by atoms with Gasteiger partial charge >= 0.3 is 0 Å². The lowest BCUT2D eigenvalue weighted by Crippen LogP contribution is -2.19. The van der Waals surface area contributed by atoms with Gasteiger partial charge in [-0.15, -0.1) is 0 Å². The maximum absolute atomic E-state index is 12.1. The molecule has 1 aliphatic carbocycles. The van der Waals surface area contributed by atoms with Gasteiger partial charge in [0, 0.05) is 11.3 Å². The second kappa shape index (κ2) is 7.56. The summed E-state index contributed by atoms with van der Waals surface area (Å²) < 4.78 is 2.04. The molecule has 1 saturated heterocycles. The Morgan fingerprint density at radius 1 is 1.03 bits per heavy atom. The fourth-order valence-electron chi connectivity index (χ4n) is 4.31. The minimum absolute atomic E-state index is 0.108. The molecule has 160 valence electrons. The van der Waals surface area contributed by atoms with Crippen LogP contribution in [0.15, 0.2) is 91.7 Å². The number of nitrogens with zero attached hydrogens (tertiary/aromatic N) is 4. The standard InChI is InChI=1S/C26H20N6O/c1-16-29-23(26(33)30-16)19-6-8-20(9-7-19)24-31-22-14-27-15-28-25(22)32(24)21-12-10-18(11-13-21)17-4-2-3-5-17/h2-4,6-15,23,29H,1,5H2,(H,30,33). The normalized spacial score (nSPS) is 17.3. The smallest absolute Gasteiger partial charge is 0.252 e. The molecular formula is C26H20N6O. The van der Waals surface area contributed by atoms with Gasteiger partial charge in [0.15, 0.2) is 5.65 Å². The summed E-state index contributed by atoms with van der Waals surface area (Å²) in [6.07, 6.45) is 10.6. The number of carbonyl (C=O) groups is 1. The molecular weight excluding hydrogens is 412 g/mol. The highest BCUT2D eigenvalue weighted by molar-refractivity contribution is 5.87. The molecule has 2 N–H and O–H groups in total. The molecule has 1 aliphatic heterocycles. The summed E-state index contributed by atoms with van der Waals surface area (Å²) in [4.78, 5) is 25.6. The van der Waals surface area contributed by atoms with Crippen molar-refractivity contribution in [3.8, 4) is 17.1 Å². The van der Waals surface area contributed by atoms with Crippen molar-refractivity contribution in [2.45, 2.75) is 12.5 Å². The molecule has 7 nitrogen and oxygen atoms in total. The van der Waals surface area contributed by atoms with Gasteiger partial charge in [0.25, 0.3) is 5.91 Å². The predicted octanol–water partition coefficient (Wildman–Crippen LogP) is 4.06. The second-order valence-electron chi connectivity index (χ2n) is 8.04. The third kappa shape index (κ3) is 3.30. The van der Waals surface area contributed by atoms with Crippen molar-refractivity contribution in [2.75, 3.05) is 0 Å². The van der Waals surface area contributed by atoms with Gasteiger partial charge in [-0.3, -0.25) is 9.36 Å². The zero-order valence-electron chi connectivity index (χ0n) is 17.7. The van der Waals surface area contributed by atoms with E-state index in [1.54, 1.807) is 6.20 Å². The SMILES string of the molecule is C=C1NC(=O)C(c2ccc(-c3nc4cncnc4n3-c3ccc(C4=CC=CC4)cc3)cc2)N1. The van der Waals surface area contributed by atoms with Crippen LogP contribution in [-0.2, 0) is 4.79 Å². The maximum Gasteiger partial charge on any atom is 0.252 e. The van der Waals surface area contributed by atoms with E-state index in [1.807, 2.05) is 28.8 Å². The van der Waals surface area contributed by atoms with E-state index in [4.69, 9.17) is 4.98 Å². The number of nitrogens with one attached hydrogen (secondary N) is 2. The van der Waals surface area contributed by atoms with Gasteiger partial charge in [0.05, 0.1) is 12.0 Å². The summed E-state index contributed by atoms with van der Waals surface area (Å²) in [6.45, 7) is 3.77. The van der Waals surface area contributed by atoms with Gasteiger partial charge in [-0.1, -0.05) is 61.2 Å². The van der Waals surface area contributed by atoms with Crippen LogP contribution in [0.25, 0.3) is 33.8 Å². The Kier molecular flexibility index (Phi) is 4.40. The number of hydrogen-bond acceptors (Lipinski definition) is 5. The average molecular weight is 432 g/mol. The van der Waals surface area contributed by atoms with Gasteiger partial charge in [-0.25, -0.2) is 15.0 Å². The van der Waals surface area contributed by atoms with Crippen molar-refractivity contribution in [2.24, 2.45) is 0 Å². The van der Waals surface area contributed by atoms with E-state index < -0.39 is 6.04 Å². The molecule has 1 amide bonds. The van der Waals surface area contributed by atoms with E-state index >= 15 is 0 Å². The van der Waals surface area contributed by atoms with Crippen LogP contribution in [0, 0.1) is 0 Å². The fourth-order valence-corrected chi connectivity index (χ4v) is 4.31. The predicted molar refractivity (Wildman–Crippen MR) is 127 cm³/mol. The van der Waals surface area contributed by atoms with Crippen molar-refractivity contribution >= 4 is 22.6 Å². The number of benzene rings is 2. The molecule has 4 aromatic rings. The summed E-state index contributed by atoms with van der Waals surface area (Å²) in [7, 11) is 0. The van der Waals surface area contributed by atoms with Crippen LogP contribution in [0.2, 0.25) is 0 Å². The summed E-state index contributed by atoms with van der Waals surface area (Å²) >= 11 is 0. The highest BCUT2D eigenvalue weighted by Gasteiger charge is 2.27. The van der Waals surface area contributed by atoms with Crippen LogP contribution in [0.4, 0.5) is 0 Å². The largest absolute Gasteiger partial charge is 0.357 e. The van der Waals surface area contributed by atoms with Crippen molar-refractivity contribution in [3.05, 3.63) is 103 Å². The van der Waals surface area contributed by atoms with E-state index in [1.165, 1.54) is 17.5 Å². The lowest BCUT2D eigenvalue weighted by Gasteiger charge is -2.12. The van der Waals surface area contributed by atoms with E-state index in [2.05, 4.69) is 69.7 Å². The van der Waals surface area contributed by atoms with Crippen LogP contribution < -0.4 is 10.6 Å². The molecule has 0 bridgehead atoms. The zero-order valence-corrected chi connectivity index (χ0v) is 17.7. The first-order chi connectivity index (χ1) is 16.2. The molecule has 0 radical (unpaired) electrons. The molecule has 1 atom stereocenters. The molecule has 2 aromatic carbocycles. The van der Waals surface area contributed by atoms with Gasteiger partial charge in [0.2, 0.25) is 0 Å². The van der Waals surface area contributed by atoms with Gasteiger partial charge in [-0.2, -0.15) is 0 Å². The van der Waals surface area contributed by atoms with E-state index in [0.29, 0.717) is 5.82 Å². The Morgan fingerprint density at radius 2 is 1.82 bits per heavy atom. The van der Waals surface area contributed by atoms with Crippen LogP contribution in [0.1, 0.15) is 23.6 Å². The highest BCUT2D eigenvalue weighted by Crippen LogP contribution is 2.30. The minimum atomic E-state index is -0.442. The summed E-state index contributed by atoms with van der Waals surface area (Å²) in [5, 5.41) is 5.76. The highest BCUT2D eigenvalue weighted by atomic mass is 16.2. The number of rotatable bonds is 4. The Balaban J connectivity index is 1.41. The molecule has 1 fully saturated rings. The summed E-state index contributed by atoms with van der Waals surface area (Å²) in [6, 6.07) is 15.8. The van der Waals surface area contributed by atoms with Crippen molar-refractivity contribution in [3.63, 3.8) is 0 Å². The van der Waals surface area contributed by atoms with Crippen molar-refractivity contribution in [1.29, 1.82) is 0 Å². The van der Waals surface area contributed by atoms with Gasteiger partial charge in [0.1, 0.15) is 23.7 Å². The lowest BCUT2D eigenvalue weighted by molar-refractivity contribution is -0.120. The topological polar surface area (TPSA) is 84.7 Å². The molecule has 0 spiro atoms.